The molecule has 3 N–H and O–H groups in total. The number of morpholine rings is 1. The average molecular weight is 528 g/mol. The van der Waals surface area contributed by atoms with Gasteiger partial charge in [0, 0.05) is 42.0 Å². The van der Waals surface area contributed by atoms with Gasteiger partial charge in [0.1, 0.15) is 11.6 Å². The van der Waals surface area contributed by atoms with Crippen LogP contribution in [0.1, 0.15) is 23.2 Å². The summed E-state index contributed by atoms with van der Waals surface area (Å²) in [6.07, 6.45) is 9.47. The summed E-state index contributed by atoms with van der Waals surface area (Å²) in [5, 5.41) is 18.0. The van der Waals surface area contributed by atoms with E-state index in [0.717, 1.165) is 47.0 Å². The van der Waals surface area contributed by atoms with Gasteiger partial charge in [-0.25, -0.2) is 10.4 Å². The topological polar surface area (TPSA) is 108 Å². The zero-order valence-electron chi connectivity index (χ0n) is 20.8. The molecule has 10 heteroatoms. The maximum Gasteiger partial charge on any atom is 0.245 e. The molecule has 1 aromatic carbocycles. The number of pyridine rings is 1. The number of benzene rings is 1. The molecule has 1 fully saturated rings. The van der Waals surface area contributed by atoms with Crippen LogP contribution < -0.4 is 15.6 Å². The molecule has 0 spiro atoms. The van der Waals surface area contributed by atoms with Crippen molar-refractivity contribution in [3.05, 3.63) is 82.4 Å². The third-order valence-corrected chi connectivity index (χ3v) is 6.08. The first-order valence-electron chi connectivity index (χ1n) is 12.1. The van der Waals surface area contributed by atoms with Crippen LogP contribution in [0.5, 0.6) is 5.75 Å². The summed E-state index contributed by atoms with van der Waals surface area (Å²) >= 11 is 6.11. The number of nitrogens with zero attached hydrogens (tertiary/aromatic N) is 5. The molecule has 0 atom stereocenters. The summed E-state index contributed by atoms with van der Waals surface area (Å²) in [7, 11) is 0. The SMILES string of the molecule is Cc1cnc(N/N=C/c2ccc(NC3=CC(c4cc(O)cc(Cl)c4)=CC#CC3)cn2)nc1N1CCOCC1. The Labute approximate surface area is 225 Å². The van der Waals surface area contributed by atoms with Gasteiger partial charge < -0.3 is 20.1 Å². The number of halogens is 1. The maximum absolute atomic E-state index is 9.91. The number of aromatic hydroxyl groups is 1. The first-order valence-corrected chi connectivity index (χ1v) is 12.5. The van der Waals surface area contributed by atoms with Gasteiger partial charge in [-0.15, -0.1) is 0 Å². The van der Waals surface area contributed by atoms with Gasteiger partial charge in [0.2, 0.25) is 5.95 Å². The molecule has 2 aromatic heterocycles. The summed E-state index contributed by atoms with van der Waals surface area (Å²) in [5.74, 6) is 7.55. The Balaban J connectivity index is 1.22. The molecule has 0 amide bonds. The van der Waals surface area contributed by atoms with Crippen LogP contribution in [0.25, 0.3) is 5.57 Å². The molecule has 0 bridgehead atoms. The highest BCUT2D eigenvalue weighted by Gasteiger charge is 2.15. The number of aromatic nitrogens is 3. The van der Waals surface area contributed by atoms with Gasteiger partial charge in [-0.2, -0.15) is 10.1 Å². The number of anilines is 3. The van der Waals surface area contributed by atoms with Crippen molar-refractivity contribution in [2.75, 3.05) is 41.9 Å². The van der Waals surface area contributed by atoms with E-state index in [1.807, 2.05) is 31.2 Å². The fourth-order valence-corrected chi connectivity index (χ4v) is 4.25. The zero-order chi connectivity index (χ0) is 26.3. The van der Waals surface area contributed by atoms with Crippen molar-refractivity contribution >= 4 is 40.8 Å². The highest BCUT2D eigenvalue weighted by atomic mass is 35.5. The second-order valence-corrected chi connectivity index (χ2v) is 9.17. The Morgan fingerprint density at radius 1 is 1.16 bits per heavy atom. The number of rotatable bonds is 7. The predicted molar refractivity (Wildman–Crippen MR) is 150 cm³/mol. The van der Waals surface area contributed by atoms with E-state index in [2.05, 4.69) is 47.5 Å². The lowest BCUT2D eigenvalue weighted by Gasteiger charge is -2.28. The minimum absolute atomic E-state index is 0.107. The van der Waals surface area contributed by atoms with Crippen LogP contribution in [0.4, 0.5) is 17.5 Å². The van der Waals surface area contributed by atoms with E-state index < -0.39 is 0 Å². The molecule has 1 aliphatic heterocycles. The van der Waals surface area contributed by atoms with Crippen molar-refractivity contribution in [3.8, 4) is 17.6 Å². The number of hydrogen-bond acceptors (Lipinski definition) is 9. The Hall–Kier alpha value is -4.39. The minimum Gasteiger partial charge on any atom is -0.508 e. The second-order valence-electron chi connectivity index (χ2n) is 8.73. The Morgan fingerprint density at radius 2 is 2.03 bits per heavy atom. The van der Waals surface area contributed by atoms with Crippen molar-refractivity contribution < 1.29 is 9.84 Å². The average Bonchev–Trinajstić information content (AvgIpc) is 3.16. The van der Waals surface area contributed by atoms with Crippen molar-refractivity contribution in [1.82, 2.24) is 15.0 Å². The molecule has 0 unspecified atom stereocenters. The third-order valence-electron chi connectivity index (χ3n) is 5.86. The van der Waals surface area contributed by atoms with Crippen LogP contribution in [-0.4, -0.2) is 52.6 Å². The summed E-state index contributed by atoms with van der Waals surface area (Å²) in [6, 6.07) is 8.73. The van der Waals surface area contributed by atoms with Crippen molar-refractivity contribution in [3.63, 3.8) is 0 Å². The third kappa shape index (κ3) is 6.48. The minimum atomic E-state index is 0.107. The largest absolute Gasteiger partial charge is 0.508 e. The molecule has 0 saturated carbocycles. The van der Waals surface area contributed by atoms with Crippen LogP contribution in [0, 0.1) is 18.8 Å². The quantitative estimate of drug-likeness (QED) is 0.232. The molecule has 38 heavy (non-hydrogen) atoms. The molecule has 3 heterocycles. The van der Waals surface area contributed by atoms with Crippen molar-refractivity contribution in [1.29, 1.82) is 0 Å². The molecule has 2 aliphatic rings. The summed E-state index contributed by atoms with van der Waals surface area (Å²) in [5.41, 5.74) is 7.93. The number of hydrogen-bond donors (Lipinski definition) is 3. The molecule has 1 saturated heterocycles. The van der Waals surface area contributed by atoms with E-state index in [1.54, 1.807) is 30.7 Å². The van der Waals surface area contributed by atoms with Gasteiger partial charge in [0.05, 0.1) is 37.0 Å². The molecule has 5 rings (SSSR count). The van der Waals surface area contributed by atoms with Gasteiger partial charge >= 0.3 is 0 Å². The number of hydrazone groups is 1. The Morgan fingerprint density at radius 3 is 2.82 bits per heavy atom. The molecular weight excluding hydrogens is 502 g/mol. The van der Waals surface area contributed by atoms with E-state index in [4.69, 9.17) is 16.3 Å². The lowest BCUT2D eigenvalue weighted by Crippen LogP contribution is -2.37. The van der Waals surface area contributed by atoms with Gasteiger partial charge in [-0.05, 0) is 60.5 Å². The normalized spacial score (nSPS) is 15.3. The Bertz CT molecular complexity index is 1450. The monoisotopic (exact) mass is 527 g/mol. The fraction of sp³-hybridized carbons (Fsp3) is 0.214. The van der Waals surface area contributed by atoms with Crippen LogP contribution in [0.3, 0.4) is 0 Å². The summed E-state index contributed by atoms with van der Waals surface area (Å²) in [6.45, 7) is 4.98. The van der Waals surface area contributed by atoms with E-state index in [0.29, 0.717) is 36.3 Å². The molecule has 3 aromatic rings. The highest BCUT2D eigenvalue weighted by molar-refractivity contribution is 6.30. The first kappa shape index (κ1) is 25.3. The smallest absolute Gasteiger partial charge is 0.245 e. The van der Waals surface area contributed by atoms with Gasteiger partial charge in [-0.3, -0.25) is 4.98 Å². The van der Waals surface area contributed by atoms with E-state index >= 15 is 0 Å². The Kier molecular flexibility index (Phi) is 7.83. The fourth-order valence-electron chi connectivity index (χ4n) is 4.02. The lowest BCUT2D eigenvalue weighted by atomic mass is 10.0. The van der Waals surface area contributed by atoms with Crippen LogP contribution in [-0.2, 0) is 4.74 Å². The number of ether oxygens (including phenoxy) is 1. The molecule has 9 nitrogen and oxygen atoms in total. The molecule has 192 valence electrons. The van der Waals surface area contributed by atoms with Gasteiger partial charge in [0.25, 0.3) is 0 Å². The summed E-state index contributed by atoms with van der Waals surface area (Å²) in [4.78, 5) is 15.6. The zero-order valence-corrected chi connectivity index (χ0v) is 21.5. The lowest BCUT2D eigenvalue weighted by molar-refractivity contribution is 0.122. The van der Waals surface area contributed by atoms with Gasteiger partial charge in [0.15, 0.2) is 0 Å². The van der Waals surface area contributed by atoms with E-state index in [1.165, 1.54) is 6.07 Å². The predicted octanol–water partition coefficient (Wildman–Crippen LogP) is 4.61. The van der Waals surface area contributed by atoms with Crippen molar-refractivity contribution in [2.45, 2.75) is 13.3 Å². The number of allylic oxidation sites excluding steroid dienone is 4. The highest BCUT2D eigenvalue weighted by Crippen LogP contribution is 2.28. The number of phenolic OH excluding ortho intramolecular Hbond substituents is 1. The van der Waals surface area contributed by atoms with E-state index in [9.17, 15) is 5.11 Å². The van der Waals surface area contributed by atoms with Crippen molar-refractivity contribution in [2.24, 2.45) is 5.10 Å². The molecule has 0 radical (unpaired) electrons. The molecule has 1 aliphatic carbocycles. The number of phenols is 1. The summed E-state index contributed by atoms with van der Waals surface area (Å²) < 4.78 is 5.43. The van der Waals surface area contributed by atoms with Crippen LogP contribution in [0.15, 0.2) is 65.7 Å². The van der Waals surface area contributed by atoms with Crippen LogP contribution in [0.2, 0.25) is 5.02 Å². The first-order chi connectivity index (χ1) is 18.5. The second kappa shape index (κ2) is 11.8. The van der Waals surface area contributed by atoms with Crippen LogP contribution >= 0.6 is 11.6 Å². The standard InChI is InChI=1S/C28H26ClN7O2/c1-19-16-31-28(34-27(19)36-8-10-38-11-9-36)35-32-18-24-6-7-25(17-30-24)33-23-5-3-2-4-20(13-23)21-12-22(29)15-26(37)14-21/h4,6-7,12-18,33,37H,5,8-11H2,1H3,(H,31,34,35)/b32-18+. The molecular formula is C28H26ClN7O2. The van der Waals surface area contributed by atoms with E-state index in [-0.39, 0.29) is 5.75 Å². The number of nitrogens with one attached hydrogen (secondary N) is 2. The number of aryl methyl sites for hydroxylation is 1. The van der Waals surface area contributed by atoms with Gasteiger partial charge in [-0.1, -0.05) is 23.4 Å². The maximum atomic E-state index is 9.91.